The highest BCUT2D eigenvalue weighted by atomic mass is 16.5. The van der Waals surface area contributed by atoms with Gasteiger partial charge in [0.25, 0.3) is 0 Å². The summed E-state index contributed by atoms with van der Waals surface area (Å²) in [6, 6.07) is 8.34. The lowest BCUT2D eigenvalue weighted by molar-refractivity contribution is 0.283. The molecule has 1 aliphatic heterocycles. The van der Waals surface area contributed by atoms with Crippen LogP contribution in [-0.2, 0) is 6.54 Å². The summed E-state index contributed by atoms with van der Waals surface area (Å²) in [4.78, 5) is 6.52. The molecule has 7 heteroatoms. The number of unbranched alkanes of at least 4 members (excludes halogenated alkanes) is 7. The van der Waals surface area contributed by atoms with Crippen LogP contribution in [0.3, 0.4) is 0 Å². The summed E-state index contributed by atoms with van der Waals surface area (Å²) in [5.41, 5.74) is 7.92. The van der Waals surface area contributed by atoms with E-state index in [1.807, 2.05) is 4.90 Å². The Labute approximate surface area is 190 Å². The smallest absolute Gasteiger partial charge is 0.249 e. The zero-order chi connectivity index (χ0) is 22.3. The van der Waals surface area contributed by atoms with Crippen LogP contribution >= 0.6 is 0 Å². The molecule has 2 aromatic heterocycles. The molecule has 1 aliphatic rings. The van der Waals surface area contributed by atoms with Crippen LogP contribution in [0.5, 0.6) is 0 Å². The first-order valence-electron chi connectivity index (χ1n) is 12.2. The van der Waals surface area contributed by atoms with E-state index in [1.165, 1.54) is 56.9 Å². The number of rotatable bonds is 11. The van der Waals surface area contributed by atoms with E-state index in [0.717, 1.165) is 36.9 Å². The lowest BCUT2D eigenvalue weighted by Gasteiger charge is -2.21. The lowest BCUT2D eigenvalue weighted by Crippen LogP contribution is -2.35. The van der Waals surface area contributed by atoms with Crippen molar-refractivity contribution >= 4 is 16.9 Å². The zero-order valence-electron chi connectivity index (χ0n) is 19.2. The number of guanidine groups is 1. The molecular formula is C25H36N6O. The Hall–Kier alpha value is -2.83. The molecule has 0 radical (unpaired) electrons. The number of hydrogen-bond acceptors (Lipinski definition) is 4. The summed E-state index contributed by atoms with van der Waals surface area (Å²) in [7, 11) is 0. The van der Waals surface area contributed by atoms with Crippen LogP contribution < -0.4 is 5.73 Å². The minimum atomic E-state index is -0.0977. The Morgan fingerprint density at radius 1 is 1.12 bits per heavy atom. The van der Waals surface area contributed by atoms with Gasteiger partial charge in [0.05, 0.1) is 0 Å². The quantitative estimate of drug-likeness (QED) is 0.223. The highest BCUT2D eigenvalue weighted by Gasteiger charge is 2.31. The van der Waals surface area contributed by atoms with E-state index in [9.17, 15) is 0 Å². The van der Waals surface area contributed by atoms with Crippen molar-refractivity contribution in [2.45, 2.75) is 83.7 Å². The molecule has 32 heavy (non-hydrogen) atoms. The van der Waals surface area contributed by atoms with Gasteiger partial charge in [-0.25, -0.2) is 0 Å². The normalized spacial score (nSPS) is 16.3. The minimum absolute atomic E-state index is 0.0624. The SMILES string of the molecule is CCCCCCCCCCn1ccc2c(-c3noc(C4CCCN4C(=N)N)n3)cccc21. The molecule has 3 N–H and O–H groups in total. The summed E-state index contributed by atoms with van der Waals surface area (Å²) in [6.07, 6.45) is 14.6. The molecule has 1 aromatic carbocycles. The first-order chi connectivity index (χ1) is 15.7. The Morgan fingerprint density at radius 3 is 2.69 bits per heavy atom. The molecule has 1 fully saturated rings. The van der Waals surface area contributed by atoms with Gasteiger partial charge in [0.15, 0.2) is 5.96 Å². The number of hydrogen-bond donors (Lipinski definition) is 2. The predicted molar refractivity (Wildman–Crippen MR) is 128 cm³/mol. The van der Waals surface area contributed by atoms with Crippen LogP contribution in [-0.4, -0.2) is 32.1 Å². The lowest BCUT2D eigenvalue weighted by atomic mass is 10.1. The van der Waals surface area contributed by atoms with Crippen molar-refractivity contribution in [3.05, 3.63) is 36.4 Å². The Balaban J connectivity index is 1.40. The van der Waals surface area contributed by atoms with Crippen molar-refractivity contribution in [2.24, 2.45) is 5.73 Å². The van der Waals surface area contributed by atoms with Gasteiger partial charge in [-0.2, -0.15) is 4.98 Å². The molecular weight excluding hydrogens is 400 g/mol. The fourth-order valence-electron chi connectivity index (χ4n) is 4.82. The number of aryl methyl sites for hydroxylation is 1. The Kier molecular flexibility index (Phi) is 7.45. The van der Waals surface area contributed by atoms with Crippen molar-refractivity contribution in [3.63, 3.8) is 0 Å². The number of nitrogens with two attached hydrogens (primary N) is 1. The molecule has 4 rings (SSSR count). The Bertz CT molecular complexity index is 1020. The highest BCUT2D eigenvalue weighted by Crippen LogP contribution is 2.33. The number of nitrogens with one attached hydrogen (secondary N) is 1. The number of likely N-dealkylation sites (tertiary alicyclic amines) is 1. The van der Waals surface area contributed by atoms with Gasteiger partial charge in [-0.15, -0.1) is 0 Å². The van der Waals surface area contributed by atoms with Crippen LogP contribution in [0.4, 0.5) is 0 Å². The van der Waals surface area contributed by atoms with E-state index >= 15 is 0 Å². The van der Waals surface area contributed by atoms with Gasteiger partial charge in [-0.3, -0.25) is 5.41 Å². The van der Waals surface area contributed by atoms with Gasteiger partial charge in [-0.05, 0) is 31.4 Å². The van der Waals surface area contributed by atoms with E-state index in [1.54, 1.807) is 0 Å². The molecule has 0 bridgehead atoms. The molecule has 7 nitrogen and oxygen atoms in total. The topological polar surface area (TPSA) is 97.0 Å². The number of benzene rings is 1. The first-order valence-corrected chi connectivity index (χ1v) is 12.2. The molecule has 0 amide bonds. The van der Waals surface area contributed by atoms with Crippen molar-refractivity contribution < 1.29 is 4.52 Å². The first kappa shape index (κ1) is 22.4. The van der Waals surface area contributed by atoms with Crippen LogP contribution in [0.15, 0.2) is 35.0 Å². The average Bonchev–Trinajstić information content (AvgIpc) is 3.54. The molecule has 3 heterocycles. The van der Waals surface area contributed by atoms with Gasteiger partial charge in [-0.1, -0.05) is 69.2 Å². The molecule has 0 aliphatic carbocycles. The maximum atomic E-state index is 7.78. The second-order valence-electron chi connectivity index (χ2n) is 8.92. The fraction of sp³-hybridized carbons (Fsp3) is 0.560. The van der Waals surface area contributed by atoms with Gasteiger partial charge < -0.3 is 19.7 Å². The third kappa shape index (κ3) is 4.97. The molecule has 3 aromatic rings. The number of fused-ring (bicyclic) bond motifs is 1. The van der Waals surface area contributed by atoms with E-state index in [2.05, 4.69) is 47.1 Å². The predicted octanol–water partition coefficient (Wildman–Crippen LogP) is 5.86. The van der Waals surface area contributed by atoms with Crippen LogP contribution in [0, 0.1) is 5.41 Å². The summed E-state index contributed by atoms with van der Waals surface area (Å²) >= 11 is 0. The monoisotopic (exact) mass is 436 g/mol. The van der Waals surface area contributed by atoms with E-state index < -0.39 is 0 Å². The summed E-state index contributed by atoms with van der Waals surface area (Å²) in [5, 5.41) is 13.2. The van der Waals surface area contributed by atoms with Gasteiger partial charge in [0.1, 0.15) is 6.04 Å². The van der Waals surface area contributed by atoms with Gasteiger partial charge in [0, 0.05) is 35.8 Å². The molecule has 1 unspecified atom stereocenters. The van der Waals surface area contributed by atoms with Crippen LogP contribution in [0.25, 0.3) is 22.3 Å². The molecule has 0 saturated carbocycles. The Morgan fingerprint density at radius 2 is 1.91 bits per heavy atom. The molecule has 172 valence electrons. The molecule has 1 saturated heterocycles. The zero-order valence-corrected chi connectivity index (χ0v) is 19.2. The summed E-state index contributed by atoms with van der Waals surface area (Å²) in [5.74, 6) is 1.21. The highest BCUT2D eigenvalue weighted by molar-refractivity contribution is 5.93. The number of aromatic nitrogens is 3. The molecule has 0 spiro atoms. The van der Waals surface area contributed by atoms with E-state index in [0.29, 0.717) is 11.7 Å². The second-order valence-corrected chi connectivity index (χ2v) is 8.92. The summed E-state index contributed by atoms with van der Waals surface area (Å²) < 4.78 is 7.94. The fourth-order valence-corrected chi connectivity index (χ4v) is 4.82. The maximum absolute atomic E-state index is 7.78. The standard InChI is InChI=1S/C25H36N6O/c1-2-3-4-5-6-7-8-9-16-30-18-15-19-20(12-10-13-21(19)30)23-28-24(32-29-23)22-14-11-17-31(22)25(26)27/h10,12-13,15,18,22H,2-9,11,14,16-17H2,1H3,(H3,26,27). The third-order valence-electron chi connectivity index (χ3n) is 6.60. The van der Waals surface area contributed by atoms with Crippen molar-refractivity contribution in [3.8, 4) is 11.4 Å². The van der Waals surface area contributed by atoms with Crippen LogP contribution in [0.2, 0.25) is 0 Å². The largest absolute Gasteiger partial charge is 0.370 e. The second kappa shape index (κ2) is 10.7. The number of nitrogens with zero attached hydrogens (tertiary/aromatic N) is 4. The van der Waals surface area contributed by atoms with Crippen LogP contribution in [0.1, 0.15) is 83.1 Å². The molecule has 1 atom stereocenters. The third-order valence-corrected chi connectivity index (χ3v) is 6.60. The minimum Gasteiger partial charge on any atom is -0.370 e. The van der Waals surface area contributed by atoms with Crippen molar-refractivity contribution in [1.29, 1.82) is 5.41 Å². The van der Waals surface area contributed by atoms with Crippen molar-refractivity contribution in [2.75, 3.05) is 6.54 Å². The van der Waals surface area contributed by atoms with E-state index in [-0.39, 0.29) is 12.0 Å². The maximum Gasteiger partial charge on any atom is 0.249 e. The van der Waals surface area contributed by atoms with Crippen molar-refractivity contribution in [1.82, 2.24) is 19.6 Å². The van der Waals surface area contributed by atoms with E-state index in [4.69, 9.17) is 20.7 Å². The average molecular weight is 437 g/mol. The van der Waals surface area contributed by atoms with Gasteiger partial charge >= 0.3 is 0 Å². The van der Waals surface area contributed by atoms with Gasteiger partial charge in [0.2, 0.25) is 11.7 Å². The summed E-state index contributed by atoms with van der Waals surface area (Å²) in [6.45, 7) is 4.06.